The van der Waals surface area contributed by atoms with Gasteiger partial charge in [-0.2, -0.15) is 0 Å². The van der Waals surface area contributed by atoms with Crippen LogP contribution in [0.2, 0.25) is 0 Å². The van der Waals surface area contributed by atoms with Crippen molar-refractivity contribution in [1.29, 1.82) is 0 Å². The number of rotatable bonds is 8. The van der Waals surface area contributed by atoms with Crippen LogP contribution in [0.5, 0.6) is 5.75 Å². The number of hydrogen-bond donors (Lipinski definition) is 2. The second-order valence-electron chi connectivity index (χ2n) is 7.26. The molecule has 33 heavy (non-hydrogen) atoms. The molecule has 176 valence electrons. The summed E-state index contributed by atoms with van der Waals surface area (Å²) in [6, 6.07) is 4.92. The number of amides is 3. The van der Waals surface area contributed by atoms with Crippen LogP contribution in [0.3, 0.4) is 0 Å². The minimum absolute atomic E-state index is 0.104. The minimum atomic E-state index is -0.608. The molecule has 0 saturated carbocycles. The van der Waals surface area contributed by atoms with Crippen molar-refractivity contribution in [1.82, 2.24) is 20.2 Å². The molecule has 2 aromatic heterocycles. The quantitative estimate of drug-likeness (QED) is 0.284. The summed E-state index contributed by atoms with van der Waals surface area (Å²) >= 11 is 2.51. The van der Waals surface area contributed by atoms with Crippen LogP contribution in [0.4, 0.5) is 4.79 Å². The minimum Gasteiger partial charge on any atom is -0.495 e. The molecule has 0 fully saturated rings. The predicted octanol–water partition coefficient (Wildman–Crippen LogP) is 2.95. The van der Waals surface area contributed by atoms with E-state index in [0.29, 0.717) is 33.4 Å². The maximum absolute atomic E-state index is 13.6. The number of nitrogens with zero attached hydrogens (tertiary/aromatic N) is 2. The number of benzene rings is 1. The first-order valence-electron chi connectivity index (χ1n) is 10.1. The van der Waals surface area contributed by atoms with Crippen LogP contribution >= 0.6 is 23.1 Å². The van der Waals surface area contributed by atoms with E-state index in [0.717, 1.165) is 27.8 Å². The molecule has 3 amide bonds. The van der Waals surface area contributed by atoms with Crippen LogP contribution in [-0.2, 0) is 9.53 Å². The zero-order valence-corrected chi connectivity index (χ0v) is 20.7. The Hall–Kier alpha value is -2.89. The van der Waals surface area contributed by atoms with Gasteiger partial charge in [-0.3, -0.25) is 19.5 Å². The Morgan fingerprint density at radius 2 is 1.97 bits per heavy atom. The Labute approximate surface area is 199 Å². The molecule has 9 nitrogen and oxygen atoms in total. The highest BCUT2D eigenvalue weighted by atomic mass is 32.2. The lowest BCUT2D eigenvalue weighted by atomic mass is 10.2. The number of carbonyl (C=O) groups is 2. The molecule has 0 atom stereocenters. The fourth-order valence-electron chi connectivity index (χ4n) is 3.16. The molecule has 0 saturated heterocycles. The van der Waals surface area contributed by atoms with Crippen molar-refractivity contribution in [2.75, 3.05) is 33.1 Å². The smallest absolute Gasteiger partial charge is 0.321 e. The first kappa shape index (κ1) is 24.7. The Bertz CT molecular complexity index is 1250. The summed E-state index contributed by atoms with van der Waals surface area (Å²) in [5, 5.41) is 5.67. The van der Waals surface area contributed by atoms with Gasteiger partial charge in [0.25, 0.3) is 5.56 Å². The molecule has 3 rings (SSSR count). The molecular formula is C22H26N4O5S2. The number of nitrogens with one attached hydrogen (secondary N) is 2. The molecule has 0 aliphatic rings. The summed E-state index contributed by atoms with van der Waals surface area (Å²) in [5.41, 5.74) is 2.14. The van der Waals surface area contributed by atoms with E-state index < -0.39 is 11.9 Å². The van der Waals surface area contributed by atoms with Gasteiger partial charge in [0, 0.05) is 18.5 Å². The molecule has 0 aliphatic heterocycles. The third kappa shape index (κ3) is 5.55. The molecule has 11 heteroatoms. The Balaban J connectivity index is 1.98. The Morgan fingerprint density at radius 1 is 1.21 bits per heavy atom. The highest BCUT2D eigenvalue weighted by Gasteiger charge is 2.21. The van der Waals surface area contributed by atoms with Gasteiger partial charge in [-0.05, 0) is 44.0 Å². The van der Waals surface area contributed by atoms with Crippen LogP contribution in [0.25, 0.3) is 15.9 Å². The van der Waals surface area contributed by atoms with Gasteiger partial charge in [-0.25, -0.2) is 9.78 Å². The molecule has 3 aromatic rings. The van der Waals surface area contributed by atoms with Crippen LogP contribution in [0.15, 0.2) is 28.2 Å². The van der Waals surface area contributed by atoms with Gasteiger partial charge in [0.2, 0.25) is 5.91 Å². The second-order valence-corrected chi connectivity index (χ2v) is 9.40. The average molecular weight is 491 g/mol. The number of aryl methyl sites for hydroxylation is 3. The van der Waals surface area contributed by atoms with Gasteiger partial charge in [0.15, 0.2) is 5.16 Å². The van der Waals surface area contributed by atoms with Crippen molar-refractivity contribution in [3.8, 4) is 11.4 Å². The van der Waals surface area contributed by atoms with Crippen LogP contribution in [0.1, 0.15) is 16.0 Å². The Kier molecular flexibility index (Phi) is 8.11. The summed E-state index contributed by atoms with van der Waals surface area (Å²) in [5.74, 6) is -0.101. The summed E-state index contributed by atoms with van der Waals surface area (Å²) in [6.07, 6.45) is 0. The second kappa shape index (κ2) is 10.8. The van der Waals surface area contributed by atoms with Crippen LogP contribution in [-0.4, -0.2) is 54.6 Å². The topological polar surface area (TPSA) is 112 Å². The van der Waals surface area contributed by atoms with E-state index in [1.807, 2.05) is 32.9 Å². The van der Waals surface area contributed by atoms with E-state index in [4.69, 9.17) is 14.5 Å². The number of aromatic nitrogens is 2. The SMILES string of the molecule is COCCNC(=O)NC(=O)CSc1nc2sc(C)c(C)c2c(=O)n1-c1cc(C)ccc1OC. The van der Waals surface area contributed by atoms with Gasteiger partial charge in [0.1, 0.15) is 10.6 Å². The number of thiophene rings is 1. The summed E-state index contributed by atoms with van der Waals surface area (Å²) in [4.78, 5) is 44.1. The van der Waals surface area contributed by atoms with Crippen LogP contribution < -0.4 is 20.9 Å². The van der Waals surface area contributed by atoms with Crippen molar-refractivity contribution in [2.45, 2.75) is 25.9 Å². The van der Waals surface area contributed by atoms with Crippen LogP contribution in [0, 0.1) is 20.8 Å². The maximum atomic E-state index is 13.6. The zero-order chi connectivity index (χ0) is 24.1. The van der Waals surface area contributed by atoms with Crippen molar-refractivity contribution in [3.05, 3.63) is 44.6 Å². The predicted molar refractivity (Wildman–Crippen MR) is 130 cm³/mol. The molecule has 0 aliphatic carbocycles. The van der Waals surface area contributed by atoms with Gasteiger partial charge < -0.3 is 14.8 Å². The van der Waals surface area contributed by atoms with E-state index in [-0.39, 0.29) is 17.9 Å². The number of urea groups is 1. The van der Waals surface area contributed by atoms with E-state index in [2.05, 4.69) is 10.6 Å². The number of thioether (sulfide) groups is 1. The normalized spacial score (nSPS) is 10.9. The molecular weight excluding hydrogens is 464 g/mol. The highest BCUT2D eigenvalue weighted by molar-refractivity contribution is 7.99. The monoisotopic (exact) mass is 490 g/mol. The van der Waals surface area contributed by atoms with Crippen molar-refractivity contribution in [3.63, 3.8) is 0 Å². The lowest BCUT2D eigenvalue weighted by molar-refractivity contribution is -0.117. The molecule has 0 spiro atoms. The first-order valence-corrected chi connectivity index (χ1v) is 11.9. The van der Waals surface area contributed by atoms with Gasteiger partial charge in [0.05, 0.1) is 30.5 Å². The number of carbonyl (C=O) groups excluding carboxylic acids is 2. The van der Waals surface area contributed by atoms with Crippen molar-refractivity contribution < 1.29 is 19.1 Å². The number of hydrogen-bond acceptors (Lipinski definition) is 8. The molecule has 2 heterocycles. The van der Waals surface area contributed by atoms with Gasteiger partial charge >= 0.3 is 6.03 Å². The summed E-state index contributed by atoms with van der Waals surface area (Å²) in [7, 11) is 3.05. The summed E-state index contributed by atoms with van der Waals surface area (Å²) < 4.78 is 11.8. The molecule has 0 bridgehead atoms. The Morgan fingerprint density at radius 3 is 2.67 bits per heavy atom. The van der Waals surface area contributed by atoms with Gasteiger partial charge in [-0.15, -0.1) is 11.3 Å². The number of fused-ring (bicyclic) bond motifs is 1. The standard InChI is InChI=1S/C22H26N4O5S2/c1-12-6-7-16(31-5)15(10-12)26-20(28)18-13(2)14(3)33-19(18)25-22(26)32-11-17(27)24-21(29)23-8-9-30-4/h6-7,10H,8-9,11H2,1-5H3,(H2,23,24,27,29). The zero-order valence-electron chi connectivity index (χ0n) is 19.1. The van der Waals surface area contributed by atoms with Crippen molar-refractivity contribution >= 4 is 45.3 Å². The van der Waals surface area contributed by atoms with E-state index in [9.17, 15) is 14.4 Å². The van der Waals surface area contributed by atoms with Gasteiger partial charge in [-0.1, -0.05) is 17.8 Å². The molecule has 1 aromatic carbocycles. The average Bonchev–Trinajstić information content (AvgIpc) is 3.06. The van der Waals surface area contributed by atoms with E-state index in [1.54, 1.807) is 6.07 Å². The lowest BCUT2D eigenvalue weighted by Crippen LogP contribution is -2.41. The maximum Gasteiger partial charge on any atom is 0.321 e. The number of imide groups is 1. The highest BCUT2D eigenvalue weighted by Crippen LogP contribution is 2.32. The fourth-order valence-corrected chi connectivity index (χ4v) is 5.04. The number of ether oxygens (including phenoxy) is 2. The van der Waals surface area contributed by atoms with Crippen molar-refractivity contribution in [2.24, 2.45) is 0 Å². The van der Waals surface area contributed by atoms with E-state index in [1.165, 1.54) is 30.1 Å². The third-order valence-corrected chi connectivity index (χ3v) is 6.96. The molecule has 0 radical (unpaired) electrons. The molecule has 0 unspecified atom stereocenters. The summed E-state index contributed by atoms with van der Waals surface area (Å²) in [6.45, 7) is 6.39. The lowest BCUT2D eigenvalue weighted by Gasteiger charge is -2.16. The third-order valence-electron chi connectivity index (χ3n) is 4.92. The first-order chi connectivity index (χ1) is 15.8. The van der Waals surface area contributed by atoms with E-state index >= 15 is 0 Å². The fraction of sp³-hybridized carbons (Fsp3) is 0.364. The molecule has 2 N–H and O–H groups in total. The number of methoxy groups -OCH3 is 2. The largest absolute Gasteiger partial charge is 0.495 e.